The molecule has 0 aliphatic carbocycles. The van der Waals surface area contributed by atoms with E-state index in [1.54, 1.807) is 27.7 Å². The van der Waals surface area contributed by atoms with Gasteiger partial charge >= 0.3 is 5.97 Å². The summed E-state index contributed by atoms with van der Waals surface area (Å²) >= 11 is 0. The van der Waals surface area contributed by atoms with Gasteiger partial charge in [-0.25, -0.2) is 0 Å². The van der Waals surface area contributed by atoms with E-state index in [0.717, 1.165) is 10.9 Å². The molecule has 1 aromatic carbocycles. The van der Waals surface area contributed by atoms with Gasteiger partial charge in [0.1, 0.15) is 6.54 Å². The van der Waals surface area contributed by atoms with E-state index >= 15 is 0 Å². The first kappa shape index (κ1) is 17.4. The summed E-state index contributed by atoms with van der Waals surface area (Å²) in [5, 5.41) is 14.1. The molecule has 0 saturated carbocycles. The van der Waals surface area contributed by atoms with Gasteiger partial charge in [-0.15, -0.1) is 0 Å². The van der Waals surface area contributed by atoms with Crippen molar-refractivity contribution < 1.29 is 19.4 Å². The molecular formula is C17H22N4O4. The van der Waals surface area contributed by atoms with Gasteiger partial charge in [0.2, 0.25) is 5.91 Å². The number of carbonyl (C=O) groups is 2. The van der Waals surface area contributed by atoms with E-state index < -0.39 is 5.97 Å². The second-order valence-electron chi connectivity index (χ2n) is 6.28. The van der Waals surface area contributed by atoms with Crippen LogP contribution >= 0.6 is 0 Å². The number of fused-ring (bicyclic) bond motifs is 1. The molecule has 3 rings (SSSR count). The highest BCUT2D eigenvalue weighted by molar-refractivity contribution is 5.82. The molecule has 1 amide bonds. The van der Waals surface area contributed by atoms with E-state index in [0.29, 0.717) is 26.2 Å². The molecule has 0 unspecified atom stereocenters. The van der Waals surface area contributed by atoms with Crippen LogP contribution in [0.3, 0.4) is 0 Å². The maximum absolute atomic E-state index is 12.6. The summed E-state index contributed by atoms with van der Waals surface area (Å²) in [7, 11) is 1.73. The lowest BCUT2D eigenvalue weighted by molar-refractivity contribution is -0.142. The molecule has 1 saturated heterocycles. The molecule has 2 heterocycles. The summed E-state index contributed by atoms with van der Waals surface area (Å²) in [5.74, 6) is -0.889. The maximum Gasteiger partial charge on any atom is 0.317 e. The number of likely N-dealkylation sites (N-methyl/N-ethyl adjacent to an activating group) is 1. The molecule has 0 spiro atoms. The van der Waals surface area contributed by atoms with Gasteiger partial charge in [0.05, 0.1) is 31.0 Å². The average Bonchev–Trinajstić information content (AvgIpc) is 2.97. The fraction of sp³-hybridized carbons (Fsp3) is 0.471. The highest BCUT2D eigenvalue weighted by atomic mass is 16.5. The summed E-state index contributed by atoms with van der Waals surface area (Å²) in [4.78, 5) is 26.8. The zero-order valence-corrected chi connectivity index (χ0v) is 14.2. The first-order valence-electron chi connectivity index (χ1n) is 8.23. The van der Waals surface area contributed by atoms with Crippen molar-refractivity contribution in [3.05, 3.63) is 30.5 Å². The first-order valence-corrected chi connectivity index (χ1v) is 8.23. The van der Waals surface area contributed by atoms with Crippen molar-refractivity contribution in [3.8, 4) is 0 Å². The van der Waals surface area contributed by atoms with Crippen LogP contribution in [0.15, 0.2) is 30.5 Å². The van der Waals surface area contributed by atoms with Crippen LogP contribution in [-0.2, 0) is 20.9 Å². The minimum atomic E-state index is -0.878. The molecule has 8 heteroatoms. The van der Waals surface area contributed by atoms with Gasteiger partial charge in [-0.2, -0.15) is 5.10 Å². The average molecular weight is 346 g/mol. The van der Waals surface area contributed by atoms with Crippen LogP contribution in [0, 0.1) is 0 Å². The Kier molecular flexibility index (Phi) is 5.30. The van der Waals surface area contributed by atoms with E-state index in [4.69, 9.17) is 9.84 Å². The molecule has 1 aromatic heterocycles. The Morgan fingerprint density at radius 1 is 1.40 bits per heavy atom. The molecule has 1 N–H and O–H groups in total. The monoisotopic (exact) mass is 346 g/mol. The van der Waals surface area contributed by atoms with E-state index in [2.05, 4.69) is 5.10 Å². The Bertz CT molecular complexity index is 760. The number of rotatable bonds is 6. The number of nitrogens with zero attached hydrogens (tertiary/aromatic N) is 4. The number of para-hydroxylation sites is 1. The molecule has 8 nitrogen and oxygen atoms in total. The zero-order chi connectivity index (χ0) is 17.8. The lowest BCUT2D eigenvalue weighted by Gasteiger charge is -2.34. The Labute approximate surface area is 145 Å². The number of hydrogen-bond donors (Lipinski definition) is 1. The van der Waals surface area contributed by atoms with Gasteiger partial charge < -0.3 is 14.7 Å². The topological polar surface area (TPSA) is 87.9 Å². The van der Waals surface area contributed by atoms with Crippen molar-refractivity contribution in [3.63, 3.8) is 0 Å². The standard InChI is InChI=1S/C17H22N4O4/c1-19(12-17(23)24)9-14-10-20(6-7-25-14)16(22)11-21-15-5-3-2-4-13(15)8-18-21/h2-5,8,14H,6-7,9-12H2,1H3,(H,23,24)/t14-/m1/s1. The van der Waals surface area contributed by atoms with Crippen LogP contribution in [0.2, 0.25) is 0 Å². The molecule has 25 heavy (non-hydrogen) atoms. The molecule has 2 aromatic rings. The van der Waals surface area contributed by atoms with E-state index in [-0.39, 0.29) is 25.1 Å². The van der Waals surface area contributed by atoms with Crippen molar-refractivity contribution in [2.24, 2.45) is 0 Å². The van der Waals surface area contributed by atoms with Gasteiger partial charge in [-0.1, -0.05) is 18.2 Å². The number of aliphatic carboxylic acids is 1. The Morgan fingerprint density at radius 3 is 3.00 bits per heavy atom. The molecule has 134 valence electrons. The minimum absolute atomic E-state index is 0.0111. The Hall–Kier alpha value is -2.45. The SMILES string of the molecule is CN(CC(=O)O)C[C@@H]1CN(C(=O)Cn2ncc3ccccc32)CCO1. The molecular weight excluding hydrogens is 324 g/mol. The number of ether oxygens (including phenoxy) is 1. The second kappa shape index (κ2) is 7.62. The van der Waals surface area contributed by atoms with Gasteiger partial charge in [-0.05, 0) is 13.1 Å². The van der Waals surface area contributed by atoms with Crippen LogP contribution in [0.1, 0.15) is 0 Å². The number of hydrogen-bond acceptors (Lipinski definition) is 5. The number of carboxylic acid groups (broad SMARTS) is 1. The zero-order valence-electron chi connectivity index (χ0n) is 14.2. The van der Waals surface area contributed by atoms with Crippen LogP contribution in [0.5, 0.6) is 0 Å². The summed E-state index contributed by atoms with van der Waals surface area (Å²) in [6, 6.07) is 7.77. The van der Waals surface area contributed by atoms with Crippen molar-refractivity contribution in [1.29, 1.82) is 0 Å². The number of morpholine rings is 1. The molecule has 1 fully saturated rings. The van der Waals surface area contributed by atoms with E-state index in [9.17, 15) is 9.59 Å². The fourth-order valence-electron chi connectivity index (χ4n) is 3.08. The van der Waals surface area contributed by atoms with Gasteiger partial charge in [-0.3, -0.25) is 19.2 Å². The lowest BCUT2D eigenvalue weighted by atomic mass is 10.2. The third-order valence-corrected chi connectivity index (χ3v) is 4.25. The summed E-state index contributed by atoms with van der Waals surface area (Å²) < 4.78 is 7.37. The first-order chi connectivity index (χ1) is 12.0. The molecule has 0 radical (unpaired) electrons. The maximum atomic E-state index is 12.6. The van der Waals surface area contributed by atoms with Crippen molar-refractivity contribution in [1.82, 2.24) is 19.6 Å². The quantitative estimate of drug-likeness (QED) is 0.808. The van der Waals surface area contributed by atoms with Gasteiger partial charge in [0.25, 0.3) is 0 Å². The van der Waals surface area contributed by atoms with Crippen LogP contribution in [0.25, 0.3) is 10.9 Å². The largest absolute Gasteiger partial charge is 0.480 e. The van der Waals surface area contributed by atoms with E-state index in [1.807, 2.05) is 24.3 Å². The highest BCUT2D eigenvalue weighted by Crippen LogP contribution is 2.14. The lowest BCUT2D eigenvalue weighted by Crippen LogP contribution is -2.50. The predicted octanol–water partition coefficient (Wildman–Crippen LogP) is 0.280. The minimum Gasteiger partial charge on any atom is -0.480 e. The third-order valence-electron chi connectivity index (χ3n) is 4.25. The summed E-state index contributed by atoms with van der Waals surface area (Å²) in [6.45, 7) is 2.06. The fourth-order valence-corrected chi connectivity index (χ4v) is 3.08. The number of carbonyl (C=O) groups excluding carboxylic acids is 1. The molecule has 1 aliphatic heterocycles. The van der Waals surface area contributed by atoms with Crippen LogP contribution in [-0.4, -0.2) is 82.5 Å². The Balaban J connectivity index is 1.59. The van der Waals surface area contributed by atoms with Crippen molar-refractivity contribution in [2.45, 2.75) is 12.6 Å². The summed E-state index contributed by atoms with van der Waals surface area (Å²) in [6.07, 6.45) is 1.57. The molecule has 1 aliphatic rings. The second-order valence-corrected chi connectivity index (χ2v) is 6.28. The number of carboxylic acids is 1. The van der Waals surface area contributed by atoms with E-state index in [1.165, 1.54) is 0 Å². The summed E-state index contributed by atoms with van der Waals surface area (Å²) in [5.41, 5.74) is 0.932. The number of aromatic nitrogens is 2. The normalized spacial score (nSPS) is 18.0. The van der Waals surface area contributed by atoms with Crippen molar-refractivity contribution >= 4 is 22.8 Å². The van der Waals surface area contributed by atoms with Crippen LogP contribution < -0.4 is 0 Å². The number of benzene rings is 1. The van der Waals surface area contributed by atoms with Crippen LogP contribution in [0.4, 0.5) is 0 Å². The predicted molar refractivity (Wildman–Crippen MR) is 91.2 cm³/mol. The van der Waals surface area contributed by atoms with Gasteiger partial charge in [0, 0.05) is 25.0 Å². The third kappa shape index (κ3) is 4.34. The van der Waals surface area contributed by atoms with Gasteiger partial charge in [0.15, 0.2) is 0 Å². The highest BCUT2D eigenvalue weighted by Gasteiger charge is 2.26. The van der Waals surface area contributed by atoms with Crippen molar-refractivity contribution in [2.75, 3.05) is 39.8 Å². The molecule has 1 atom stereocenters. The number of amides is 1. The molecule has 0 bridgehead atoms. The Morgan fingerprint density at radius 2 is 2.20 bits per heavy atom. The smallest absolute Gasteiger partial charge is 0.317 e.